The smallest absolute Gasteiger partial charge is 0.183 e. The van der Waals surface area contributed by atoms with E-state index in [1.165, 1.54) is 0 Å². The lowest BCUT2D eigenvalue weighted by Gasteiger charge is -2.23. The second-order valence-corrected chi connectivity index (χ2v) is 10.1. The van der Waals surface area contributed by atoms with Crippen LogP contribution in [-0.4, -0.2) is 46.7 Å². The molecule has 4 nitrogen and oxygen atoms in total. The summed E-state index contributed by atoms with van der Waals surface area (Å²) in [4.78, 5) is 5.43. The van der Waals surface area contributed by atoms with Crippen molar-refractivity contribution in [2.75, 3.05) is 6.61 Å². The maximum Gasteiger partial charge on any atom is 0.183 e. The molecule has 0 bridgehead atoms. The molecule has 1 saturated heterocycles. The molecule has 0 saturated carbocycles. The molecule has 0 aromatic rings. The molecule has 1 rings (SSSR count). The van der Waals surface area contributed by atoms with Gasteiger partial charge in [0.25, 0.3) is 0 Å². The highest BCUT2D eigenvalue weighted by molar-refractivity contribution is 6.69. The van der Waals surface area contributed by atoms with Gasteiger partial charge in [0, 0.05) is 12.4 Å². The molecule has 0 aromatic heterocycles. The Kier molecular flexibility index (Phi) is 5.22. The zero-order valence-corrected chi connectivity index (χ0v) is 12.4. The molecule has 0 N–H and O–H groups in total. The maximum absolute atomic E-state index is 5.83. The first kappa shape index (κ1) is 14.7. The summed E-state index contributed by atoms with van der Waals surface area (Å²) in [6, 6.07) is -0.275. The van der Waals surface area contributed by atoms with Crippen molar-refractivity contribution in [2.24, 2.45) is 5.16 Å². The molecule has 2 radical (unpaired) electrons. The Labute approximate surface area is 106 Å². The SMILES string of the molecule is [B]C1CC(ON=C(C)C)C(CO[Si](C)(C)C)O1. The van der Waals surface area contributed by atoms with Crippen LogP contribution in [-0.2, 0) is 14.0 Å². The second kappa shape index (κ2) is 6.02. The van der Waals surface area contributed by atoms with Crippen molar-refractivity contribution >= 4 is 21.9 Å². The van der Waals surface area contributed by atoms with E-state index in [2.05, 4.69) is 24.8 Å². The van der Waals surface area contributed by atoms with Crippen molar-refractivity contribution in [1.29, 1.82) is 0 Å². The molecule has 0 spiro atoms. The first-order valence-corrected chi connectivity index (χ1v) is 9.41. The number of rotatable bonds is 5. The van der Waals surface area contributed by atoms with Crippen molar-refractivity contribution in [3.8, 4) is 0 Å². The highest BCUT2D eigenvalue weighted by Gasteiger charge is 2.35. The lowest BCUT2D eigenvalue weighted by atomic mass is 9.96. The Morgan fingerprint density at radius 1 is 1.41 bits per heavy atom. The topological polar surface area (TPSA) is 40.0 Å². The van der Waals surface area contributed by atoms with Crippen molar-refractivity contribution < 1.29 is 14.0 Å². The fourth-order valence-electron chi connectivity index (χ4n) is 1.51. The van der Waals surface area contributed by atoms with Crippen LogP contribution >= 0.6 is 0 Å². The second-order valence-electron chi connectivity index (χ2n) is 5.55. The van der Waals surface area contributed by atoms with Crippen LogP contribution in [0.3, 0.4) is 0 Å². The van der Waals surface area contributed by atoms with Gasteiger partial charge >= 0.3 is 0 Å². The van der Waals surface area contributed by atoms with Gasteiger partial charge in [0.05, 0.1) is 12.3 Å². The predicted octanol–water partition coefficient (Wildman–Crippen LogP) is 1.90. The summed E-state index contributed by atoms with van der Waals surface area (Å²) in [6.45, 7) is 10.8. The maximum atomic E-state index is 5.83. The fraction of sp³-hybridized carbons (Fsp3) is 0.909. The van der Waals surface area contributed by atoms with Gasteiger partial charge in [0.2, 0.25) is 0 Å². The van der Waals surface area contributed by atoms with Crippen LogP contribution < -0.4 is 0 Å². The number of hydrogen-bond donors (Lipinski definition) is 0. The monoisotopic (exact) mass is 255 g/mol. The zero-order chi connectivity index (χ0) is 13.1. The standard InChI is InChI=1S/C11H22BNO3Si/c1-8(2)13-16-9-6-11(12)15-10(9)7-14-17(3,4)5/h9-11H,6-7H2,1-5H3. The number of oxime groups is 1. The summed E-state index contributed by atoms with van der Waals surface area (Å²) in [6.07, 6.45) is 0.451. The van der Waals surface area contributed by atoms with Gasteiger partial charge in [0.15, 0.2) is 14.4 Å². The van der Waals surface area contributed by atoms with Crippen molar-refractivity contribution in [3.05, 3.63) is 0 Å². The molecule has 0 aromatic carbocycles. The van der Waals surface area contributed by atoms with Crippen LogP contribution in [0.1, 0.15) is 20.3 Å². The van der Waals surface area contributed by atoms with Crippen molar-refractivity contribution in [2.45, 2.75) is 58.1 Å². The normalized spacial score (nSPS) is 29.1. The molecule has 0 amide bonds. The summed E-state index contributed by atoms with van der Waals surface area (Å²) in [7, 11) is 4.23. The van der Waals surface area contributed by atoms with E-state index in [0.717, 1.165) is 5.71 Å². The van der Waals surface area contributed by atoms with Crippen LogP contribution in [0.15, 0.2) is 5.16 Å². The molecular formula is C11H22BNO3Si. The molecule has 17 heavy (non-hydrogen) atoms. The van der Waals surface area contributed by atoms with Gasteiger partial charge in [-0.25, -0.2) is 0 Å². The van der Waals surface area contributed by atoms with Crippen LogP contribution in [0.25, 0.3) is 0 Å². The van der Waals surface area contributed by atoms with Gasteiger partial charge < -0.3 is 14.0 Å². The number of hydrogen-bond acceptors (Lipinski definition) is 4. The highest BCUT2D eigenvalue weighted by atomic mass is 28.4. The predicted molar refractivity (Wildman–Crippen MR) is 72.0 cm³/mol. The molecule has 1 fully saturated rings. The Morgan fingerprint density at radius 2 is 2.06 bits per heavy atom. The molecule has 96 valence electrons. The number of nitrogens with zero attached hydrogens (tertiary/aromatic N) is 1. The van der Waals surface area contributed by atoms with E-state index in [0.29, 0.717) is 13.0 Å². The molecular weight excluding hydrogens is 233 g/mol. The van der Waals surface area contributed by atoms with Crippen LogP contribution in [0, 0.1) is 0 Å². The third-order valence-corrected chi connectivity index (χ3v) is 3.31. The lowest BCUT2D eigenvalue weighted by Crippen LogP contribution is -2.35. The van der Waals surface area contributed by atoms with Crippen LogP contribution in [0.4, 0.5) is 0 Å². The molecule has 0 aliphatic carbocycles. The Hall–Kier alpha value is -0.328. The molecule has 1 heterocycles. The van der Waals surface area contributed by atoms with Gasteiger partial charge in [-0.2, -0.15) is 0 Å². The summed E-state index contributed by atoms with van der Waals surface area (Å²) in [5, 5.41) is 3.97. The summed E-state index contributed by atoms with van der Waals surface area (Å²) >= 11 is 0. The van der Waals surface area contributed by atoms with E-state index in [4.69, 9.17) is 21.8 Å². The average molecular weight is 255 g/mol. The van der Waals surface area contributed by atoms with E-state index in [9.17, 15) is 0 Å². The molecule has 1 aliphatic rings. The van der Waals surface area contributed by atoms with Gasteiger partial charge in [-0.05, 0) is 33.5 Å². The van der Waals surface area contributed by atoms with Gasteiger partial charge in [-0.3, -0.25) is 0 Å². The van der Waals surface area contributed by atoms with Gasteiger partial charge in [-0.15, -0.1) is 0 Å². The highest BCUT2D eigenvalue weighted by Crippen LogP contribution is 2.23. The third kappa shape index (κ3) is 5.70. The van der Waals surface area contributed by atoms with Crippen molar-refractivity contribution in [1.82, 2.24) is 0 Å². The number of ether oxygens (including phenoxy) is 1. The minimum Gasteiger partial charge on any atom is -0.415 e. The summed E-state index contributed by atoms with van der Waals surface area (Å²) in [5.74, 6) is 0. The molecule has 1 aliphatic heterocycles. The first-order chi connectivity index (χ1) is 7.78. The Bertz CT molecular complexity index is 276. The van der Waals surface area contributed by atoms with Crippen molar-refractivity contribution in [3.63, 3.8) is 0 Å². The zero-order valence-electron chi connectivity index (χ0n) is 11.4. The van der Waals surface area contributed by atoms with E-state index in [1.54, 1.807) is 0 Å². The first-order valence-electron chi connectivity index (χ1n) is 6.00. The molecule has 3 unspecified atom stereocenters. The average Bonchev–Trinajstić information content (AvgIpc) is 2.52. The fourth-order valence-corrected chi connectivity index (χ4v) is 2.18. The Morgan fingerprint density at radius 3 is 2.59 bits per heavy atom. The minimum atomic E-state index is -1.53. The summed E-state index contributed by atoms with van der Waals surface area (Å²) < 4.78 is 11.4. The molecule has 3 atom stereocenters. The largest absolute Gasteiger partial charge is 0.415 e. The van der Waals surface area contributed by atoms with E-state index < -0.39 is 8.32 Å². The summed E-state index contributed by atoms with van der Waals surface area (Å²) in [5.41, 5.74) is 0.885. The molecule has 6 heteroatoms. The van der Waals surface area contributed by atoms with E-state index >= 15 is 0 Å². The van der Waals surface area contributed by atoms with E-state index in [1.807, 2.05) is 13.8 Å². The lowest BCUT2D eigenvalue weighted by molar-refractivity contribution is -0.0324. The Balaban J connectivity index is 2.47. The van der Waals surface area contributed by atoms with E-state index in [-0.39, 0.29) is 18.2 Å². The quantitative estimate of drug-likeness (QED) is 0.428. The minimum absolute atomic E-state index is 0.101. The van der Waals surface area contributed by atoms with Crippen LogP contribution in [0.2, 0.25) is 19.6 Å². The van der Waals surface area contributed by atoms with Gasteiger partial charge in [0.1, 0.15) is 14.0 Å². The van der Waals surface area contributed by atoms with Gasteiger partial charge in [-0.1, -0.05) is 5.16 Å². The van der Waals surface area contributed by atoms with Crippen LogP contribution in [0.5, 0.6) is 0 Å². The third-order valence-electron chi connectivity index (χ3n) is 2.28.